The van der Waals surface area contributed by atoms with Crippen molar-refractivity contribution in [1.29, 1.82) is 0 Å². The van der Waals surface area contributed by atoms with E-state index in [4.69, 9.17) is 10.5 Å². The number of hydrogen-bond donors (Lipinski definition) is 1. The SMILES string of the molecule is NC1CCc2c(OCc3nc4ccccc4s3)cccc21. The van der Waals surface area contributed by atoms with Crippen molar-refractivity contribution in [2.24, 2.45) is 5.73 Å². The number of benzene rings is 2. The second-order valence-corrected chi connectivity index (χ2v) is 6.45. The smallest absolute Gasteiger partial charge is 0.140 e. The zero-order chi connectivity index (χ0) is 14.2. The highest BCUT2D eigenvalue weighted by Gasteiger charge is 2.22. The molecule has 0 bridgehead atoms. The van der Waals surface area contributed by atoms with E-state index in [-0.39, 0.29) is 6.04 Å². The van der Waals surface area contributed by atoms with Crippen LogP contribution in [0.15, 0.2) is 42.5 Å². The van der Waals surface area contributed by atoms with Crippen LogP contribution >= 0.6 is 11.3 Å². The monoisotopic (exact) mass is 296 g/mol. The Balaban J connectivity index is 1.57. The van der Waals surface area contributed by atoms with Crippen molar-refractivity contribution in [2.75, 3.05) is 0 Å². The first-order valence-electron chi connectivity index (χ1n) is 7.16. The van der Waals surface area contributed by atoms with Gasteiger partial charge in [-0.3, -0.25) is 0 Å². The van der Waals surface area contributed by atoms with E-state index in [0.29, 0.717) is 6.61 Å². The van der Waals surface area contributed by atoms with Gasteiger partial charge in [-0.2, -0.15) is 0 Å². The highest BCUT2D eigenvalue weighted by Crippen LogP contribution is 2.36. The molecule has 3 aromatic rings. The molecule has 0 amide bonds. The molecule has 1 aliphatic carbocycles. The van der Waals surface area contributed by atoms with Crippen LogP contribution in [-0.4, -0.2) is 4.98 Å². The van der Waals surface area contributed by atoms with Gasteiger partial charge in [0.2, 0.25) is 0 Å². The van der Waals surface area contributed by atoms with Crippen LogP contribution in [0, 0.1) is 0 Å². The van der Waals surface area contributed by atoms with E-state index >= 15 is 0 Å². The Kier molecular flexibility index (Phi) is 3.13. The maximum atomic E-state index is 6.11. The van der Waals surface area contributed by atoms with Gasteiger partial charge >= 0.3 is 0 Å². The first-order valence-corrected chi connectivity index (χ1v) is 7.97. The lowest BCUT2D eigenvalue weighted by molar-refractivity contribution is 0.303. The summed E-state index contributed by atoms with van der Waals surface area (Å²) in [5.74, 6) is 0.958. The van der Waals surface area contributed by atoms with E-state index in [1.807, 2.05) is 30.3 Å². The summed E-state index contributed by atoms with van der Waals surface area (Å²) in [5, 5.41) is 1.01. The molecule has 0 aliphatic heterocycles. The third-order valence-corrected chi connectivity index (χ3v) is 4.97. The van der Waals surface area contributed by atoms with E-state index < -0.39 is 0 Å². The summed E-state index contributed by atoms with van der Waals surface area (Å²) in [4.78, 5) is 4.61. The molecule has 4 rings (SSSR count). The summed E-state index contributed by atoms with van der Waals surface area (Å²) in [6, 6.07) is 14.5. The quantitative estimate of drug-likeness (QED) is 0.799. The lowest BCUT2D eigenvalue weighted by atomic mass is 10.1. The lowest BCUT2D eigenvalue weighted by Gasteiger charge is -2.10. The Bertz CT molecular complexity index is 763. The van der Waals surface area contributed by atoms with E-state index in [9.17, 15) is 0 Å². The Morgan fingerprint density at radius 1 is 1.19 bits per heavy atom. The van der Waals surface area contributed by atoms with Crippen molar-refractivity contribution in [3.63, 3.8) is 0 Å². The largest absolute Gasteiger partial charge is 0.486 e. The Morgan fingerprint density at radius 2 is 2.10 bits per heavy atom. The zero-order valence-electron chi connectivity index (χ0n) is 11.6. The molecule has 106 valence electrons. The zero-order valence-corrected chi connectivity index (χ0v) is 12.4. The molecule has 0 radical (unpaired) electrons. The van der Waals surface area contributed by atoms with Gasteiger partial charge in [-0.05, 0) is 42.2 Å². The maximum Gasteiger partial charge on any atom is 0.140 e. The summed E-state index contributed by atoms with van der Waals surface area (Å²) in [5.41, 5.74) is 9.65. The number of fused-ring (bicyclic) bond motifs is 2. The summed E-state index contributed by atoms with van der Waals surface area (Å²) >= 11 is 1.69. The number of para-hydroxylation sites is 1. The number of rotatable bonds is 3. The molecule has 1 unspecified atom stereocenters. The molecule has 21 heavy (non-hydrogen) atoms. The number of ether oxygens (including phenoxy) is 1. The molecule has 0 saturated carbocycles. The van der Waals surface area contributed by atoms with E-state index in [1.165, 1.54) is 15.8 Å². The minimum Gasteiger partial charge on any atom is -0.486 e. The van der Waals surface area contributed by atoms with Crippen LogP contribution in [0.4, 0.5) is 0 Å². The van der Waals surface area contributed by atoms with Gasteiger partial charge < -0.3 is 10.5 Å². The second-order valence-electron chi connectivity index (χ2n) is 5.33. The third-order valence-electron chi connectivity index (χ3n) is 3.96. The van der Waals surface area contributed by atoms with Crippen molar-refractivity contribution < 1.29 is 4.74 Å². The Hall–Kier alpha value is -1.91. The summed E-state index contributed by atoms with van der Waals surface area (Å²) in [6.45, 7) is 0.519. The summed E-state index contributed by atoms with van der Waals surface area (Å²) in [6.07, 6.45) is 2.02. The number of thiazole rings is 1. The van der Waals surface area contributed by atoms with Crippen molar-refractivity contribution in [1.82, 2.24) is 4.98 Å². The maximum absolute atomic E-state index is 6.11. The van der Waals surface area contributed by atoms with Gasteiger partial charge in [0.1, 0.15) is 17.4 Å². The molecule has 2 N–H and O–H groups in total. The van der Waals surface area contributed by atoms with Gasteiger partial charge in [0.15, 0.2) is 0 Å². The Labute approximate surface area is 127 Å². The average Bonchev–Trinajstić information content (AvgIpc) is 3.09. The number of hydrogen-bond acceptors (Lipinski definition) is 4. The highest BCUT2D eigenvalue weighted by molar-refractivity contribution is 7.18. The summed E-state index contributed by atoms with van der Waals surface area (Å²) in [7, 11) is 0. The normalized spacial score (nSPS) is 17.1. The van der Waals surface area contributed by atoms with Crippen LogP contribution in [0.25, 0.3) is 10.2 Å². The van der Waals surface area contributed by atoms with Gasteiger partial charge in [0.05, 0.1) is 10.2 Å². The first kappa shape index (κ1) is 12.8. The summed E-state index contributed by atoms with van der Waals surface area (Å²) < 4.78 is 7.21. The first-order chi connectivity index (χ1) is 10.3. The molecule has 0 spiro atoms. The topological polar surface area (TPSA) is 48.1 Å². The fourth-order valence-corrected chi connectivity index (χ4v) is 3.79. The molecule has 3 nitrogen and oxygen atoms in total. The second kappa shape index (κ2) is 5.13. The molecule has 4 heteroatoms. The fraction of sp³-hybridized carbons (Fsp3) is 0.235. The number of aromatic nitrogens is 1. The highest BCUT2D eigenvalue weighted by atomic mass is 32.1. The predicted molar refractivity (Wildman–Crippen MR) is 85.6 cm³/mol. The van der Waals surface area contributed by atoms with Gasteiger partial charge in [0, 0.05) is 6.04 Å². The molecule has 0 saturated heterocycles. The minimum absolute atomic E-state index is 0.158. The molecule has 2 aromatic carbocycles. The van der Waals surface area contributed by atoms with Crippen LogP contribution in [0.3, 0.4) is 0 Å². The molecular formula is C17H16N2OS. The van der Waals surface area contributed by atoms with Crippen LogP contribution in [-0.2, 0) is 13.0 Å². The van der Waals surface area contributed by atoms with Gasteiger partial charge in [-0.25, -0.2) is 4.98 Å². The van der Waals surface area contributed by atoms with Crippen LogP contribution in [0.2, 0.25) is 0 Å². The van der Waals surface area contributed by atoms with Gasteiger partial charge in [-0.15, -0.1) is 11.3 Å². The standard InChI is InChI=1S/C17H16N2OS/c18-13-9-8-12-11(13)4-3-6-15(12)20-10-17-19-14-5-1-2-7-16(14)21-17/h1-7,13H,8-10,18H2. The lowest BCUT2D eigenvalue weighted by Crippen LogP contribution is -2.05. The van der Waals surface area contributed by atoms with E-state index in [2.05, 4.69) is 17.1 Å². The van der Waals surface area contributed by atoms with E-state index in [1.54, 1.807) is 11.3 Å². The van der Waals surface area contributed by atoms with Crippen molar-refractivity contribution in [2.45, 2.75) is 25.5 Å². The van der Waals surface area contributed by atoms with Crippen molar-refractivity contribution in [3.05, 3.63) is 58.6 Å². The van der Waals surface area contributed by atoms with Crippen LogP contribution in [0.1, 0.15) is 28.6 Å². The van der Waals surface area contributed by atoms with Gasteiger partial charge in [0.25, 0.3) is 0 Å². The predicted octanol–water partition coefficient (Wildman–Crippen LogP) is 3.82. The van der Waals surface area contributed by atoms with Crippen molar-refractivity contribution >= 4 is 21.6 Å². The van der Waals surface area contributed by atoms with Crippen LogP contribution in [0.5, 0.6) is 5.75 Å². The molecular weight excluding hydrogens is 280 g/mol. The molecule has 1 atom stereocenters. The fourth-order valence-electron chi connectivity index (χ4n) is 2.91. The number of nitrogens with zero attached hydrogens (tertiary/aromatic N) is 1. The molecule has 1 aliphatic rings. The number of nitrogens with two attached hydrogens (primary N) is 1. The minimum atomic E-state index is 0.158. The molecule has 1 heterocycles. The Morgan fingerprint density at radius 3 is 3.00 bits per heavy atom. The average molecular weight is 296 g/mol. The third kappa shape index (κ3) is 2.30. The molecule has 1 aromatic heterocycles. The molecule has 0 fully saturated rings. The van der Waals surface area contributed by atoms with E-state index in [0.717, 1.165) is 29.1 Å². The van der Waals surface area contributed by atoms with Crippen molar-refractivity contribution in [3.8, 4) is 5.75 Å². The van der Waals surface area contributed by atoms with Gasteiger partial charge in [-0.1, -0.05) is 24.3 Å². The van der Waals surface area contributed by atoms with Crippen LogP contribution < -0.4 is 10.5 Å².